The highest BCUT2D eigenvalue weighted by atomic mass is 16.5. The Labute approximate surface area is 106 Å². The Kier molecular flexibility index (Phi) is 2.20. The van der Waals surface area contributed by atoms with Crippen molar-refractivity contribution in [2.75, 3.05) is 17.2 Å². The summed E-state index contributed by atoms with van der Waals surface area (Å²) in [6.45, 7) is 4.75. The highest BCUT2D eigenvalue weighted by Crippen LogP contribution is 2.46. The second-order valence-corrected chi connectivity index (χ2v) is 5.35. The molecule has 2 aliphatic heterocycles. The third-order valence-electron chi connectivity index (χ3n) is 3.35. The Balaban J connectivity index is 2.20. The first kappa shape index (κ1) is 11.2. The van der Waals surface area contributed by atoms with E-state index in [1.165, 1.54) is 0 Å². The second-order valence-electron chi connectivity index (χ2n) is 5.35. The molecule has 5 nitrogen and oxygen atoms in total. The fourth-order valence-electron chi connectivity index (χ4n) is 2.65. The average Bonchev–Trinajstić information content (AvgIpc) is 2.62. The van der Waals surface area contributed by atoms with Gasteiger partial charge in [-0.3, -0.25) is 4.79 Å². The quantitative estimate of drug-likeness (QED) is 0.705. The van der Waals surface area contributed by atoms with Gasteiger partial charge in [-0.05, 0) is 32.8 Å². The van der Waals surface area contributed by atoms with Gasteiger partial charge in [0.2, 0.25) is 5.91 Å². The summed E-state index contributed by atoms with van der Waals surface area (Å²) in [6, 6.07) is 1.83. The SMILES string of the molecule is CC1(C)Nc2cc(C(N)=O)c3c(c2N1)OCCC3. The molecule has 1 aromatic carbocycles. The molecule has 5 heteroatoms. The number of ether oxygens (including phenoxy) is 1. The van der Waals surface area contributed by atoms with Crippen LogP contribution in [-0.2, 0) is 6.42 Å². The fraction of sp³-hybridized carbons (Fsp3) is 0.462. The van der Waals surface area contributed by atoms with Crippen LogP contribution in [0.3, 0.4) is 0 Å². The first-order valence-corrected chi connectivity index (χ1v) is 6.17. The molecule has 4 N–H and O–H groups in total. The first-order valence-electron chi connectivity index (χ1n) is 6.17. The number of primary amides is 1. The van der Waals surface area contributed by atoms with Crippen molar-refractivity contribution in [1.82, 2.24) is 0 Å². The standard InChI is InChI=1S/C13H17N3O2/c1-13(2)15-9-6-8(12(14)17)7-4-3-5-18-11(7)10(9)16-13/h6,15-16H,3-5H2,1-2H3,(H2,14,17). The fourth-order valence-corrected chi connectivity index (χ4v) is 2.65. The Bertz CT molecular complexity index is 538. The minimum Gasteiger partial charge on any atom is -0.491 e. The lowest BCUT2D eigenvalue weighted by Crippen LogP contribution is -2.33. The molecule has 2 heterocycles. The molecule has 0 atom stereocenters. The van der Waals surface area contributed by atoms with E-state index in [1.807, 2.05) is 19.9 Å². The number of hydrogen-bond donors (Lipinski definition) is 3. The molecule has 1 aromatic rings. The molecule has 0 aromatic heterocycles. The molecule has 3 rings (SSSR count). The Morgan fingerprint density at radius 1 is 1.44 bits per heavy atom. The van der Waals surface area contributed by atoms with E-state index >= 15 is 0 Å². The number of amides is 1. The highest BCUT2D eigenvalue weighted by Gasteiger charge is 2.33. The molecule has 0 saturated heterocycles. The van der Waals surface area contributed by atoms with Gasteiger partial charge in [-0.25, -0.2) is 0 Å². The minimum atomic E-state index is -0.397. The maximum absolute atomic E-state index is 11.6. The van der Waals surface area contributed by atoms with Gasteiger partial charge in [0.1, 0.15) is 17.1 Å². The number of rotatable bonds is 1. The van der Waals surface area contributed by atoms with Crippen molar-refractivity contribution in [1.29, 1.82) is 0 Å². The summed E-state index contributed by atoms with van der Waals surface area (Å²) < 4.78 is 5.74. The van der Waals surface area contributed by atoms with Crippen LogP contribution in [0.5, 0.6) is 5.75 Å². The molecule has 1 amide bonds. The number of carbonyl (C=O) groups excluding carboxylic acids is 1. The monoisotopic (exact) mass is 247 g/mol. The summed E-state index contributed by atoms with van der Waals surface area (Å²) in [4.78, 5) is 11.6. The molecule has 2 aliphatic rings. The summed E-state index contributed by atoms with van der Waals surface area (Å²) in [6.07, 6.45) is 1.76. The maximum Gasteiger partial charge on any atom is 0.249 e. The first-order chi connectivity index (χ1) is 8.48. The smallest absolute Gasteiger partial charge is 0.249 e. The molecule has 0 unspecified atom stereocenters. The molecular weight excluding hydrogens is 230 g/mol. The van der Waals surface area contributed by atoms with Crippen molar-refractivity contribution >= 4 is 17.3 Å². The van der Waals surface area contributed by atoms with Gasteiger partial charge in [0.25, 0.3) is 0 Å². The third-order valence-corrected chi connectivity index (χ3v) is 3.35. The number of nitrogens with two attached hydrogens (primary N) is 1. The average molecular weight is 247 g/mol. The van der Waals surface area contributed by atoms with Gasteiger partial charge >= 0.3 is 0 Å². The topological polar surface area (TPSA) is 76.4 Å². The Morgan fingerprint density at radius 2 is 2.22 bits per heavy atom. The second kappa shape index (κ2) is 3.54. The van der Waals surface area contributed by atoms with E-state index in [4.69, 9.17) is 10.5 Å². The summed E-state index contributed by atoms with van der Waals surface area (Å²) in [7, 11) is 0. The van der Waals surface area contributed by atoms with Crippen LogP contribution in [0.4, 0.5) is 11.4 Å². The lowest BCUT2D eigenvalue weighted by molar-refractivity contribution is 0.0998. The molecule has 0 aliphatic carbocycles. The number of nitrogens with one attached hydrogen (secondary N) is 2. The van der Waals surface area contributed by atoms with Crippen LogP contribution in [0.25, 0.3) is 0 Å². The third kappa shape index (κ3) is 1.58. The molecule has 96 valence electrons. The molecule has 0 spiro atoms. The van der Waals surface area contributed by atoms with Crippen molar-refractivity contribution in [3.63, 3.8) is 0 Å². The van der Waals surface area contributed by atoms with Gasteiger partial charge in [-0.1, -0.05) is 0 Å². The Hall–Kier alpha value is -1.91. The van der Waals surface area contributed by atoms with Crippen molar-refractivity contribution in [2.24, 2.45) is 5.73 Å². The zero-order chi connectivity index (χ0) is 12.9. The molecule has 18 heavy (non-hydrogen) atoms. The largest absolute Gasteiger partial charge is 0.491 e. The van der Waals surface area contributed by atoms with E-state index in [2.05, 4.69) is 10.6 Å². The van der Waals surface area contributed by atoms with Crippen molar-refractivity contribution in [3.05, 3.63) is 17.2 Å². The number of anilines is 2. The van der Waals surface area contributed by atoms with Gasteiger partial charge in [0.05, 0.1) is 12.3 Å². The molecule has 0 bridgehead atoms. The maximum atomic E-state index is 11.6. The normalized spacial score (nSPS) is 19.0. The van der Waals surface area contributed by atoms with E-state index in [0.717, 1.165) is 35.5 Å². The zero-order valence-electron chi connectivity index (χ0n) is 10.6. The lowest BCUT2D eigenvalue weighted by Gasteiger charge is -2.23. The summed E-state index contributed by atoms with van der Waals surface area (Å²) in [5.74, 6) is 0.386. The summed E-state index contributed by atoms with van der Waals surface area (Å²) >= 11 is 0. The van der Waals surface area contributed by atoms with Crippen LogP contribution in [0.2, 0.25) is 0 Å². The van der Waals surface area contributed by atoms with Crippen LogP contribution in [0, 0.1) is 0 Å². The van der Waals surface area contributed by atoms with E-state index < -0.39 is 5.91 Å². The lowest BCUT2D eigenvalue weighted by atomic mass is 9.97. The van der Waals surface area contributed by atoms with Crippen LogP contribution in [-0.4, -0.2) is 18.2 Å². The van der Waals surface area contributed by atoms with Gasteiger partial charge in [0.15, 0.2) is 0 Å². The van der Waals surface area contributed by atoms with Crippen molar-refractivity contribution in [2.45, 2.75) is 32.4 Å². The van der Waals surface area contributed by atoms with Crippen LogP contribution in [0.1, 0.15) is 36.2 Å². The molecule has 0 saturated carbocycles. The summed E-state index contributed by atoms with van der Waals surface area (Å²) in [5.41, 5.74) is 8.54. The van der Waals surface area contributed by atoms with Crippen LogP contribution in [0.15, 0.2) is 6.07 Å². The predicted molar refractivity (Wildman–Crippen MR) is 70.1 cm³/mol. The van der Waals surface area contributed by atoms with E-state index in [9.17, 15) is 4.79 Å². The van der Waals surface area contributed by atoms with Crippen molar-refractivity contribution < 1.29 is 9.53 Å². The highest BCUT2D eigenvalue weighted by molar-refractivity contribution is 5.99. The van der Waals surface area contributed by atoms with Gasteiger partial charge in [-0.15, -0.1) is 0 Å². The Morgan fingerprint density at radius 3 is 2.94 bits per heavy atom. The zero-order valence-corrected chi connectivity index (χ0v) is 10.6. The number of fused-ring (bicyclic) bond motifs is 3. The number of carbonyl (C=O) groups is 1. The van der Waals surface area contributed by atoms with Crippen molar-refractivity contribution in [3.8, 4) is 5.75 Å². The molecular formula is C13H17N3O2. The number of benzene rings is 1. The van der Waals surface area contributed by atoms with E-state index in [0.29, 0.717) is 12.2 Å². The van der Waals surface area contributed by atoms with E-state index in [-0.39, 0.29) is 5.66 Å². The molecule has 0 radical (unpaired) electrons. The van der Waals surface area contributed by atoms with Gasteiger partial charge in [-0.2, -0.15) is 0 Å². The predicted octanol–water partition coefficient (Wildman–Crippen LogP) is 1.68. The molecule has 0 fully saturated rings. The van der Waals surface area contributed by atoms with Gasteiger partial charge < -0.3 is 21.1 Å². The number of hydrogen-bond acceptors (Lipinski definition) is 4. The van der Waals surface area contributed by atoms with Crippen LogP contribution < -0.4 is 21.1 Å². The van der Waals surface area contributed by atoms with Crippen LogP contribution >= 0.6 is 0 Å². The summed E-state index contributed by atoms with van der Waals surface area (Å²) in [5, 5.41) is 6.70. The minimum absolute atomic E-state index is 0.243. The van der Waals surface area contributed by atoms with Gasteiger partial charge in [0, 0.05) is 11.1 Å². The van der Waals surface area contributed by atoms with E-state index in [1.54, 1.807) is 0 Å².